The first-order chi connectivity index (χ1) is 14.9. The van der Waals surface area contributed by atoms with Crippen LogP contribution in [0.25, 0.3) is 0 Å². The Kier molecular flexibility index (Phi) is 8.37. The predicted molar refractivity (Wildman–Crippen MR) is 126 cm³/mol. The van der Waals surface area contributed by atoms with E-state index in [0.29, 0.717) is 18.8 Å². The minimum Gasteiger partial charge on any atom is -0.379 e. The monoisotopic (exact) mass is 508 g/mol. The molecule has 0 atom stereocenters. The first kappa shape index (κ1) is 23.6. The standard InChI is InChI=1S/C23H29BrN2O4S/c1-2-3-4-5-6-7-15-25-16-17-26(23(25)27)20-11-13-22(14-12-20)31(28,29)30-21-10-8-9-19(24)18-21/h8-14,18H,2-7,15-17H2,1H3. The predicted octanol–water partition coefficient (Wildman–Crippen LogP) is 5.82. The van der Waals surface area contributed by atoms with Gasteiger partial charge in [-0.05, 0) is 48.9 Å². The highest BCUT2D eigenvalue weighted by Crippen LogP contribution is 2.25. The summed E-state index contributed by atoms with van der Waals surface area (Å²) in [6, 6.07) is 12.9. The van der Waals surface area contributed by atoms with Gasteiger partial charge in [-0.3, -0.25) is 4.90 Å². The second kappa shape index (κ2) is 11.0. The molecule has 168 valence electrons. The average molecular weight is 509 g/mol. The summed E-state index contributed by atoms with van der Waals surface area (Å²) in [6.07, 6.45) is 7.16. The van der Waals surface area contributed by atoms with Crippen LogP contribution in [-0.4, -0.2) is 39.0 Å². The Hall–Kier alpha value is -2.06. The van der Waals surface area contributed by atoms with Crippen LogP contribution in [0.15, 0.2) is 57.9 Å². The second-order valence-electron chi connectivity index (χ2n) is 7.68. The zero-order valence-corrected chi connectivity index (χ0v) is 20.2. The molecule has 2 aromatic rings. The Morgan fingerprint density at radius 1 is 0.968 bits per heavy atom. The summed E-state index contributed by atoms with van der Waals surface area (Å²) in [6.45, 7) is 4.28. The van der Waals surface area contributed by atoms with Crippen LogP contribution in [0.2, 0.25) is 0 Å². The third-order valence-corrected chi connectivity index (χ3v) is 7.07. The third kappa shape index (κ3) is 6.46. The van der Waals surface area contributed by atoms with Crippen LogP contribution in [0.4, 0.5) is 10.5 Å². The number of unbranched alkanes of at least 4 members (excludes halogenated alkanes) is 5. The van der Waals surface area contributed by atoms with Crippen molar-refractivity contribution < 1.29 is 17.4 Å². The van der Waals surface area contributed by atoms with Gasteiger partial charge in [0, 0.05) is 29.8 Å². The highest BCUT2D eigenvalue weighted by Gasteiger charge is 2.29. The lowest BCUT2D eigenvalue weighted by Gasteiger charge is -2.19. The van der Waals surface area contributed by atoms with Crippen molar-refractivity contribution in [1.82, 2.24) is 4.90 Å². The first-order valence-electron chi connectivity index (χ1n) is 10.8. The van der Waals surface area contributed by atoms with Crippen molar-refractivity contribution >= 4 is 37.8 Å². The number of hydrogen-bond donors (Lipinski definition) is 0. The Balaban J connectivity index is 1.56. The van der Waals surface area contributed by atoms with Gasteiger partial charge in [-0.2, -0.15) is 8.42 Å². The van der Waals surface area contributed by atoms with Crippen molar-refractivity contribution in [2.24, 2.45) is 0 Å². The summed E-state index contributed by atoms with van der Waals surface area (Å²) in [7, 11) is -3.95. The molecule has 8 heteroatoms. The van der Waals surface area contributed by atoms with Crippen LogP contribution in [0.1, 0.15) is 45.4 Å². The van der Waals surface area contributed by atoms with Gasteiger partial charge in [0.2, 0.25) is 0 Å². The number of carbonyl (C=O) groups is 1. The maximum atomic E-state index is 12.7. The maximum Gasteiger partial charge on any atom is 0.339 e. The molecule has 1 aliphatic heterocycles. The van der Waals surface area contributed by atoms with Gasteiger partial charge < -0.3 is 9.08 Å². The molecule has 0 saturated carbocycles. The van der Waals surface area contributed by atoms with Gasteiger partial charge in [0.15, 0.2) is 0 Å². The van der Waals surface area contributed by atoms with Crippen LogP contribution in [-0.2, 0) is 10.1 Å². The SMILES string of the molecule is CCCCCCCCN1CCN(c2ccc(S(=O)(=O)Oc3cccc(Br)c3)cc2)C1=O. The summed E-state index contributed by atoms with van der Waals surface area (Å²) in [5.74, 6) is 0.235. The molecule has 1 aliphatic rings. The van der Waals surface area contributed by atoms with Crippen molar-refractivity contribution in [3.05, 3.63) is 53.0 Å². The molecule has 1 fully saturated rings. The second-order valence-corrected chi connectivity index (χ2v) is 10.1. The normalized spacial score (nSPS) is 14.3. The number of benzene rings is 2. The summed E-state index contributed by atoms with van der Waals surface area (Å²) >= 11 is 3.30. The summed E-state index contributed by atoms with van der Waals surface area (Å²) < 4.78 is 31.0. The molecular weight excluding hydrogens is 480 g/mol. The van der Waals surface area contributed by atoms with Crippen LogP contribution < -0.4 is 9.08 Å². The number of hydrogen-bond acceptors (Lipinski definition) is 4. The van der Waals surface area contributed by atoms with Gasteiger partial charge in [-0.1, -0.05) is 61.0 Å². The molecule has 0 bridgehead atoms. The van der Waals surface area contributed by atoms with Crippen LogP contribution in [0, 0.1) is 0 Å². The lowest BCUT2D eigenvalue weighted by molar-refractivity contribution is 0.219. The highest BCUT2D eigenvalue weighted by atomic mass is 79.9. The minimum atomic E-state index is -3.95. The average Bonchev–Trinajstić information content (AvgIpc) is 3.11. The molecule has 0 radical (unpaired) electrons. The summed E-state index contributed by atoms with van der Waals surface area (Å²) in [4.78, 5) is 16.4. The van der Waals surface area contributed by atoms with Crippen molar-refractivity contribution in [1.29, 1.82) is 0 Å². The van der Waals surface area contributed by atoms with Gasteiger partial charge in [0.05, 0.1) is 0 Å². The van der Waals surface area contributed by atoms with Gasteiger partial charge in [0.25, 0.3) is 0 Å². The Morgan fingerprint density at radius 2 is 1.68 bits per heavy atom. The van der Waals surface area contributed by atoms with Crippen LogP contribution in [0.3, 0.4) is 0 Å². The molecule has 2 amide bonds. The summed E-state index contributed by atoms with van der Waals surface area (Å²) in [5.41, 5.74) is 0.692. The van der Waals surface area contributed by atoms with Crippen LogP contribution in [0.5, 0.6) is 5.75 Å². The molecule has 2 aromatic carbocycles. The molecule has 0 spiro atoms. The number of amides is 2. The van der Waals surface area contributed by atoms with Crippen molar-refractivity contribution in [2.75, 3.05) is 24.5 Å². The van der Waals surface area contributed by atoms with E-state index >= 15 is 0 Å². The molecule has 0 N–H and O–H groups in total. The first-order valence-corrected chi connectivity index (χ1v) is 13.0. The van der Waals surface area contributed by atoms with Crippen molar-refractivity contribution in [3.63, 3.8) is 0 Å². The summed E-state index contributed by atoms with van der Waals surface area (Å²) in [5, 5.41) is 0. The topological polar surface area (TPSA) is 66.9 Å². The molecule has 0 aliphatic carbocycles. The molecule has 0 unspecified atom stereocenters. The van der Waals surface area contributed by atoms with Gasteiger partial charge in [-0.25, -0.2) is 4.79 Å². The zero-order valence-electron chi connectivity index (χ0n) is 17.8. The number of nitrogens with zero attached hydrogens (tertiary/aromatic N) is 2. The fourth-order valence-electron chi connectivity index (χ4n) is 3.60. The number of carbonyl (C=O) groups excluding carboxylic acids is 1. The fourth-order valence-corrected chi connectivity index (χ4v) is 4.90. The minimum absolute atomic E-state index is 0.0189. The van der Waals surface area contributed by atoms with E-state index in [0.717, 1.165) is 23.9 Å². The van der Waals surface area contributed by atoms with E-state index in [1.165, 1.54) is 37.8 Å². The van der Waals surface area contributed by atoms with Gasteiger partial charge in [0.1, 0.15) is 10.6 Å². The molecule has 1 saturated heterocycles. The largest absolute Gasteiger partial charge is 0.379 e. The van der Waals surface area contributed by atoms with Gasteiger partial charge >= 0.3 is 16.1 Å². The van der Waals surface area contributed by atoms with E-state index < -0.39 is 10.1 Å². The van der Waals surface area contributed by atoms with E-state index in [1.807, 2.05) is 4.90 Å². The molecular formula is C23H29BrN2O4S. The van der Waals surface area contributed by atoms with E-state index in [4.69, 9.17) is 4.18 Å². The molecule has 6 nitrogen and oxygen atoms in total. The molecule has 3 rings (SSSR count). The number of urea groups is 1. The zero-order chi connectivity index (χ0) is 22.3. The Labute approximate surface area is 193 Å². The number of anilines is 1. The Bertz CT molecular complexity index is 979. The van der Waals surface area contributed by atoms with Crippen LogP contribution >= 0.6 is 15.9 Å². The molecule has 0 aromatic heterocycles. The van der Waals surface area contributed by atoms with E-state index in [2.05, 4.69) is 22.9 Å². The fraction of sp³-hybridized carbons (Fsp3) is 0.435. The number of rotatable bonds is 11. The maximum absolute atomic E-state index is 12.7. The highest BCUT2D eigenvalue weighted by molar-refractivity contribution is 9.10. The third-order valence-electron chi connectivity index (χ3n) is 5.32. The smallest absolute Gasteiger partial charge is 0.339 e. The lowest BCUT2D eigenvalue weighted by atomic mass is 10.1. The quantitative estimate of drug-likeness (QED) is 0.283. The lowest BCUT2D eigenvalue weighted by Crippen LogP contribution is -2.32. The van der Waals surface area contributed by atoms with Gasteiger partial charge in [-0.15, -0.1) is 0 Å². The van der Waals surface area contributed by atoms with Crippen molar-refractivity contribution in [3.8, 4) is 5.75 Å². The van der Waals surface area contributed by atoms with E-state index in [1.54, 1.807) is 41.3 Å². The molecule has 31 heavy (non-hydrogen) atoms. The number of halogens is 1. The Morgan fingerprint density at radius 3 is 2.39 bits per heavy atom. The molecule has 1 heterocycles. The van der Waals surface area contributed by atoms with E-state index in [9.17, 15) is 13.2 Å². The van der Waals surface area contributed by atoms with Crippen molar-refractivity contribution in [2.45, 2.75) is 50.3 Å². The van der Waals surface area contributed by atoms with E-state index in [-0.39, 0.29) is 16.7 Å².